The molecular weight excluding hydrogens is 354 g/mol. The molecule has 1 saturated heterocycles. The molecule has 1 atom stereocenters. The van der Waals surface area contributed by atoms with Crippen LogP contribution < -0.4 is 0 Å². The molecule has 1 unspecified atom stereocenters. The molecule has 7 heteroatoms. The zero-order valence-corrected chi connectivity index (χ0v) is 15.1. The standard InChI is InChI=1S/C18H17N3O2S2/c22-25(23)10-8-15(13-25)19-11-14-12-21(16-5-2-1-3-6-16)20-18(14)17-7-4-9-24-17/h1-7,9,11-12,15H,8,10,13H2. The van der Waals surface area contributed by atoms with Crippen LogP contribution in [0.3, 0.4) is 0 Å². The van der Waals surface area contributed by atoms with Gasteiger partial charge in [-0.05, 0) is 30.0 Å². The highest BCUT2D eigenvalue weighted by atomic mass is 32.2. The van der Waals surface area contributed by atoms with Crippen molar-refractivity contribution < 1.29 is 8.42 Å². The minimum Gasteiger partial charge on any atom is -0.288 e. The maximum atomic E-state index is 11.6. The first-order valence-electron chi connectivity index (χ1n) is 8.03. The Morgan fingerprint density at radius 1 is 1.20 bits per heavy atom. The molecule has 0 bridgehead atoms. The molecule has 0 radical (unpaired) electrons. The molecular formula is C18H17N3O2S2. The van der Waals surface area contributed by atoms with E-state index in [4.69, 9.17) is 5.10 Å². The van der Waals surface area contributed by atoms with E-state index in [9.17, 15) is 8.42 Å². The normalized spacial score (nSPS) is 19.6. The number of benzene rings is 1. The molecule has 25 heavy (non-hydrogen) atoms. The first kappa shape index (κ1) is 16.2. The van der Waals surface area contributed by atoms with Crippen molar-refractivity contribution in [1.29, 1.82) is 0 Å². The lowest BCUT2D eigenvalue weighted by Crippen LogP contribution is -2.07. The lowest BCUT2D eigenvalue weighted by atomic mass is 10.2. The summed E-state index contributed by atoms with van der Waals surface area (Å²) in [5.41, 5.74) is 2.74. The van der Waals surface area contributed by atoms with E-state index in [1.165, 1.54) is 0 Å². The van der Waals surface area contributed by atoms with Gasteiger partial charge in [0.1, 0.15) is 5.69 Å². The third kappa shape index (κ3) is 3.57. The highest BCUT2D eigenvalue weighted by Gasteiger charge is 2.27. The third-order valence-corrected chi connectivity index (χ3v) is 6.78. The van der Waals surface area contributed by atoms with E-state index in [1.807, 2.05) is 58.7 Å². The van der Waals surface area contributed by atoms with E-state index >= 15 is 0 Å². The summed E-state index contributed by atoms with van der Waals surface area (Å²) in [5, 5.41) is 6.73. The van der Waals surface area contributed by atoms with E-state index < -0.39 is 9.84 Å². The van der Waals surface area contributed by atoms with E-state index in [0.29, 0.717) is 6.42 Å². The predicted octanol–water partition coefficient (Wildman–Crippen LogP) is 3.21. The van der Waals surface area contributed by atoms with Crippen molar-refractivity contribution in [3.05, 3.63) is 59.6 Å². The van der Waals surface area contributed by atoms with Crippen LogP contribution in [-0.4, -0.2) is 42.0 Å². The first-order chi connectivity index (χ1) is 12.1. The van der Waals surface area contributed by atoms with Crippen LogP contribution in [0.1, 0.15) is 12.0 Å². The van der Waals surface area contributed by atoms with E-state index in [2.05, 4.69) is 4.99 Å². The number of hydrogen-bond acceptors (Lipinski definition) is 5. The Balaban J connectivity index is 1.69. The van der Waals surface area contributed by atoms with Gasteiger partial charge >= 0.3 is 0 Å². The average Bonchev–Trinajstić information content (AvgIpc) is 3.32. The van der Waals surface area contributed by atoms with Crippen molar-refractivity contribution in [3.63, 3.8) is 0 Å². The second kappa shape index (κ2) is 6.57. The molecule has 1 aliphatic heterocycles. The Morgan fingerprint density at radius 2 is 2.04 bits per heavy atom. The quantitative estimate of drug-likeness (QED) is 0.662. The Hall–Kier alpha value is -2.25. The van der Waals surface area contributed by atoms with Gasteiger partial charge in [0, 0.05) is 18.0 Å². The summed E-state index contributed by atoms with van der Waals surface area (Å²) in [6.45, 7) is 0. The van der Waals surface area contributed by atoms with Crippen molar-refractivity contribution in [2.45, 2.75) is 12.5 Å². The number of nitrogens with zero attached hydrogens (tertiary/aromatic N) is 3. The molecule has 0 aliphatic carbocycles. The van der Waals surface area contributed by atoms with Crippen molar-refractivity contribution >= 4 is 27.4 Å². The van der Waals surface area contributed by atoms with Crippen molar-refractivity contribution in [2.24, 2.45) is 4.99 Å². The zero-order valence-electron chi connectivity index (χ0n) is 13.4. The van der Waals surface area contributed by atoms with Gasteiger partial charge in [0.15, 0.2) is 9.84 Å². The maximum absolute atomic E-state index is 11.6. The molecule has 0 N–H and O–H groups in total. The van der Waals surface area contributed by atoms with Gasteiger partial charge in [-0.15, -0.1) is 11.3 Å². The van der Waals surface area contributed by atoms with Crippen molar-refractivity contribution in [2.75, 3.05) is 11.5 Å². The average molecular weight is 371 g/mol. The topological polar surface area (TPSA) is 64.3 Å². The smallest absolute Gasteiger partial charge is 0.152 e. The van der Waals surface area contributed by atoms with Gasteiger partial charge in [-0.3, -0.25) is 4.99 Å². The summed E-state index contributed by atoms with van der Waals surface area (Å²) < 4.78 is 25.0. The molecule has 1 fully saturated rings. The Kier molecular flexibility index (Phi) is 4.27. The van der Waals surface area contributed by atoms with Gasteiger partial charge < -0.3 is 0 Å². The second-order valence-corrected chi connectivity index (χ2v) is 9.20. The molecule has 1 aromatic carbocycles. The number of para-hydroxylation sites is 1. The Morgan fingerprint density at radius 3 is 2.72 bits per heavy atom. The summed E-state index contributed by atoms with van der Waals surface area (Å²) in [7, 11) is -2.92. The number of rotatable bonds is 4. The highest BCUT2D eigenvalue weighted by Crippen LogP contribution is 2.27. The van der Waals surface area contributed by atoms with Gasteiger partial charge in [0.05, 0.1) is 28.1 Å². The predicted molar refractivity (Wildman–Crippen MR) is 102 cm³/mol. The highest BCUT2D eigenvalue weighted by molar-refractivity contribution is 7.91. The van der Waals surface area contributed by atoms with Crippen LogP contribution in [0.2, 0.25) is 0 Å². The Labute approximate surface area is 150 Å². The number of hydrogen-bond donors (Lipinski definition) is 0. The van der Waals surface area contributed by atoms with Crippen LogP contribution in [0.25, 0.3) is 16.3 Å². The molecule has 4 rings (SSSR count). The van der Waals surface area contributed by atoms with E-state index in [0.717, 1.165) is 21.8 Å². The molecule has 3 heterocycles. The maximum Gasteiger partial charge on any atom is 0.152 e. The van der Waals surface area contributed by atoms with Crippen LogP contribution in [0.4, 0.5) is 0 Å². The fourth-order valence-corrected chi connectivity index (χ4v) is 5.25. The summed E-state index contributed by atoms with van der Waals surface area (Å²) in [6.07, 6.45) is 4.31. The molecule has 5 nitrogen and oxygen atoms in total. The molecule has 2 aromatic heterocycles. The summed E-state index contributed by atoms with van der Waals surface area (Å²) in [6, 6.07) is 13.8. The summed E-state index contributed by atoms with van der Waals surface area (Å²) in [5.74, 6) is 0.376. The van der Waals surface area contributed by atoms with Crippen molar-refractivity contribution in [1.82, 2.24) is 9.78 Å². The lowest BCUT2D eigenvalue weighted by Gasteiger charge is -1.99. The fraction of sp³-hybridized carbons (Fsp3) is 0.222. The number of aliphatic imine (C=N–C) groups is 1. The van der Waals surface area contributed by atoms with Gasteiger partial charge in [-0.1, -0.05) is 24.3 Å². The largest absolute Gasteiger partial charge is 0.288 e. The first-order valence-corrected chi connectivity index (χ1v) is 10.7. The summed E-state index contributed by atoms with van der Waals surface area (Å²) >= 11 is 1.62. The molecule has 0 amide bonds. The van der Waals surface area contributed by atoms with Gasteiger partial charge in [-0.2, -0.15) is 5.10 Å². The van der Waals surface area contributed by atoms with Crippen LogP contribution >= 0.6 is 11.3 Å². The molecule has 1 aliphatic rings. The lowest BCUT2D eigenvalue weighted by molar-refractivity contribution is 0.601. The molecule has 3 aromatic rings. The van der Waals surface area contributed by atoms with Crippen LogP contribution in [0, 0.1) is 0 Å². The number of thiophene rings is 1. The van der Waals surface area contributed by atoms with E-state index in [-0.39, 0.29) is 17.5 Å². The molecule has 0 saturated carbocycles. The minimum absolute atomic E-state index is 0.144. The monoisotopic (exact) mass is 371 g/mol. The van der Waals surface area contributed by atoms with Crippen molar-refractivity contribution in [3.8, 4) is 16.3 Å². The molecule has 0 spiro atoms. The number of sulfone groups is 1. The second-order valence-electron chi connectivity index (χ2n) is 6.03. The Bertz CT molecular complexity index is 990. The number of aromatic nitrogens is 2. The summed E-state index contributed by atoms with van der Waals surface area (Å²) in [4.78, 5) is 5.58. The molecule has 128 valence electrons. The van der Waals surface area contributed by atoms with Gasteiger partial charge in [0.2, 0.25) is 0 Å². The zero-order chi connectivity index (χ0) is 17.3. The SMILES string of the molecule is O=S1(=O)CCC(N=Cc2cn(-c3ccccc3)nc2-c2cccs2)C1. The van der Waals surface area contributed by atoms with E-state index in [1.54, 1.807) is 17.6 Å². The van der Waals surface area contributed by atoms with Crippen LogP contribution in [0.15, 0.2) is 59.0 Å². The van der Waals surface area contributed by atoms with Crippen LogP contribution in [0.5, 0.6) is 0 Å². The van der Waals surface area contributed by atoms with Gasteiger partial charge in [-0.25, -0.2) is 13.1 Å². The van der Waals surface area contributed by atoms with Gasteiger partial charge in [0.25, 0.3) is 0 Å². The van der Waals surface area contributed by atoms with Crippen LogP contribution in [-0.2, 0) is 9.84 Å². The third-order valence-electron chi connectivity index (χ3n) is 4.15. The minimum atomic E-state index is -2.92. The fourth-order valence-electron chi connectivity index (χ4n) is 2.88.